The van der Waals surface area contributed by atoms with Crippen LogP contribution >= 0.6 is 22.9 Å². The van der Waals surface area contributed by atoms with E-state index >= 15 is 0 Å². The van der Waals surface area contributed by atoms with Crippen LogP contribution < -0.4 is 5.73 Å². The van der Waals surface area contributed by atoms with Gasteiger partial charge in [-0.2, -0.15) is 0 Å². The maximum atomic E-state index is 12.2. The van der Waals surface area contributed by atoms with Gasteiger partial charge in [-0.3, -0.25) is 4.79 Å². The number of aryl methyl sites for hydroxylation is 1. The van der Waals surface area contributed by atoms with Crippen molar-refractivity contribution in [2.45, 2.75) is 13.3 Å². The molecule has 0 aliphatic carbocycles. The molecule has 2 N–H and O–H groups in total. The maximum Gasteiger partial charge on any atom is 0.265 e. The lowest BCUT2D eigenvalue weighted by Gasteiger charge is -2.15. The fourth-order valence-corrected chi connectivity index (χ4v) is 3.17. The van der Waals surface area contributed by atoms with E-state index in [9.17, 15) is 4.79 Å². The first-order valence-electron chi connectivity index (χ1n) is 5.36. The van der Waals surface area contributed by atoms with E-state index in [1.807, 2.05) is 17.2 Å². The molecule has 1 aliphatic rings. The minimum absolute atomic E-state index is 0.0547. The van der Waals surface area contributed by atoms with Gasteiger partial charge in [0.2, 0.25) is 0 Å². The van der Waals surface area contributed by atoms with Crippen LogP contribution in [0.4, 0.5) is 0 Å². The monoisotopic (exact) mass is 258 g/mol. The standard InChI is InChI=1S/C11H15ClN2OS/c1-7-6-16-10(9(7)12)11(15)14-3-2-8(4-13)5-14/h6,8H,2-5,13H2,1H3. The van der Waals surface area contributed by atoms with E-state index in [0.29, 0.717) is 22.4 Å². The van der Waals surface area contributed by atoms with E-state index in [0.717, 1.165) is 25.1 Å². The molecule has 0 radical (unpaired) electrons. The SMILES string of the molecule is Cc1csc(C(=O)N2CCC(CN)C2)c1Cl. The van der Waals surface area contributed by atoms with Crippen molar-refractivity contribution in [3.05, 3.63) is 20.8 Å². The van der Waals surface area contributed by atoms with Gasteiger partial charge in [-0.15, -0.1) is 11.3 Å². The van der Waals surface area contributed by atoms with Gasteiger partial charge in [0.05, 0.1) is 5.02 Å². The minimum atomic E-state index is 0.0547. The quantitative estimate of drug-likeness (QED) is 0.883. The highest BCUT2D eigenvalue weighted by Gasteiger charge is 2.28. The summed E-state index contributed by atoms with van der Waals surface area (Å²) in [5.74, 6) is 0.503. The summed E-state index contributed by atoms with van der Waals surface area (Å²) < 4.78 is 0. The van der Waals surface area contributed by atoms with Gasteiger partial charge < -0.3 is 10.6 Å². The van der Waals surface area contributed by atoms with E-state index in [4.69, 9.17) is 17.3 Å². The summed E-state index contributed by atoms with van der Waals surface area (Å²) in [6.45, 7) is 4.14. The van der Waals surface area contributed by atoms with Crippen LogP contribution in [0.25, 0.3) is 0 Å². The Labute approximate surface area is 104 Å². The zero-order chi connectivity index (χ0) is 11.7. The van der Waals surface area contributed by atoms with Gasteiger partial charge in [0.15, 0.2) is 0 Å². The van der Waals surface area contributed by atoms with Crippen LogP contribution in [-0.4, -0.2) is 30.4 Å². The molecule has 16 heavy (non-hydrogen) atoms. The van der Waals surface area contributed by atoms with Crippen molar-refractivity contribution in [1.29, 1.82) is 0 Å². The number of rotatable bonds is 2. The van der Waals surface area contributed by atoms with Gasteiger partial charge in [-0.25, -0.2) is 0 Å². The number of carbonyl (C=O) groups is 1. The topological polar surface area (TPSA) is 46.3 Å². The molecule has 88 valence electrons. The lowest BCUT2D eigenvalue weighted by molar-refractivity contribution is 0.0792. The largest absolute Gasteiger partial charge is 0.338 e. The molecule has 0 bridgehead atoms. The summed E-state index contributed by atoms with van der Waals surface area (Å²) in [7, 11) is 0. The highest BCUT2D eigenvalue weighted by Crippen LogP contribution is 2.29. The Balaban J connectivity index is 2.12. The van der Waals surface area contributed by atoms with Gasteiger partial charge in [0.1, 0.15) is 4.88 Å². The molecule has 0 aromatic carbocycles. The number of amides is 1. The minimum Gasteiger partial charge on any atom is -0.338 e. The number of nitrogens with zero attached hydrogens (tertiary/aromatic N) is 1. The highest BCUT2D eigenvalue weighted by atomic mass is 35.5. The van der Waals surface area contributed by atoms with Crippen molar-refractivity contribution in [1.82, 2.24) is 4.90 Å². The molecule has 2 rings (SSSR count). The van der Waals surface area contributed by atoms with E-state index in [2.05, 4.69) is 0 Å². The molecule has 1 saturated heterocycles. The molecule has 3 nitrogen and oxygen atoms in total. The molecule has 1 atom stereocenters. The Hall–Kier alpha value is -0.580. The first-order valence-corrected chi connectivity index (χ1v) is 6.62. The fourth-order valence-electron chi connectivity index (χ4n) is 1.93. The van der Waals surface area contributed by atoms with Crippen LogP contribution in [0, 0.1) is 12.8 Å². The summed E-state index contributed by atoms with van der Waals surface area (Å²) >= 11 is 7.52. The average Bonchev–Trinajstić information content (AvgIpc) is 2.87. The Morgan fingerprint density at radius 1 is 1.75 bits per heavy atom. The molecule has 0 spiro atoms. The van der Waals surface area contributed by atoms with Crippen molar-refractivity contribution in [3.8, 4) is 0 Å². The number of nitrogens with two attached hydrogens (primary N) is 1. The number of hydrogen-bond acceptors (Lipinski definition) is 3. The average molecular weight is 259 g/mol. The highest BCUT2D eigenvalue weighted by molar-refractivity contribution is 7.13. The van der Waals surface area contributed by atoms with E-state index in [1.54, 1.807) is 0 Å². The lowest BCUT2D eigenvalue weighted by atomic mass is 10.1. The molecule has 1 amide bonds. The lowest BCUT2D eigenvalue weighted by Crippen LogP contribution is -2.29. The second kappa shape index (κ2) is 4.73. The van der Waals surface area contributed by atoms with Crippen LogP contribution in [0.3, 0.4) is 0 Å². The van der Waals surface area contributed by atoms with E-state index < -0.39 is 0 Å². The second-order valence-electron chi connectivity index (χ2n) is 4.20. The van der Waals surface area contributed by atoms with E-state index in [1.165, 1.54) is 11.3 Å². The van der Waals surface area contributed by atoms with Crippen molar-refractivity contribution in [2.24, 2.45) is 11.7 Å². The van der Waals surface area contributed by atoms with Crippen molar-refractivity contribution in [3.63, 3.8) is 0 Å². The first-order chi connectivity index (χ1) is 7.63. The Bertz CT molecular complexity index is 405. The summed E-state index contributed by atoms with van der Waals surface area (Å²) in [6, 6.07) is 0. The number of hydrogen-bond donors (Lipinski definition) is 1. The zero-order valence-electron chi connectivity index (χ0n) is 9.20. The summed E-state index contributed by atoms with van der Waals surface area (Å²) in [6.07, 6.45) is 1.00. The molecule has 1 unspecified atom stereocenters. The third-order valence-corrected chi connectivity index (χ3v) is 4.68. The third kappa shape index (κ3) is 2.10. The molecule has 1 fully saturated rings. The normalized spacial score (nSPS) is 20.4. The van der Waals surface area contributed by atoms with Crippen molar-refractivity contribution < 1.29 is 4.79 Å². The number of thiophene rings is 1. The van der Waals surface area contributed by atoms with Crippen LogP contribution in [0.2, 0.25) is 5.02 Å². The van der Waals surface area contributed by atoms with Crippen LogP contribution in [-0.2, 0) is 0 Å². The first kappa shape index (κ1) is 11.9. The van der Waals surface area contributed by atoms with Gasteiger partial charge in [0.25, 0.3) is 5.91 Å². The van der Waals surface area contributed by atoms with E-state index in [-0.39, 0.29) is 5.91 Å². The second-order valence-corrected chi connectivity index (χ2v) is 5.46. The van der Waals surface area contributed by atoms with Crippen LogP contribution in [0.5, 0.6) is 0 Å². The Morgan fingerprint density at radius 2 is 2.50 bits per heavy atom. The summed E-state index contributed by atoms with van der Waals surface area (Å²) in [5, 5.41) is 2.53. The van der Waals surface area contributed by atoms with Crippen LogP contribution in [0.1, 0.15) is 21.7 Å². The number of halogens is 1. The molecule has 1 aliphatic heterocycles. The third-order valence-electron chi connectivity index (χ3n) is 3.00. The Morgan fingerprint density at radius 3 is 3.00 bits per heavy atom. The van der Waals surface area contributed by atoms with Gasteiger partial charge >= 0.3 is 0 Å². The molecule has 1 aromatic heterocycles. The van der Waals surface area contributed by atoms with Crippen molar-refractivity contribution >= 4 is 28.8 Å². The number of carbonyl (C=O) groups excluding carboxylic acids is 1. The number of likely N-dealkylation sites (tertiary alicyclic amines) is 1. The van der Waals surface area contributed by atoms with Gasteiger partial charge in [0, 0.05) is 13.1 Å². The van der Waals surface area contributed by atoms with Gasteiger partial charge in [-0.1, -0.05) is 11.6 Å². The molecular formula is C11H15ClN2OS. The molecule has 1 aromatic rings. The Kier molecular flexibility index (Phi) is 3.52. The molecular weight excluding hydrogens is 244 g/mol. The predicted octanol–water partition coefficient (Wildman–Crippen LogP) is 2.13. The van der Waals surface area contributed by atoms with Crippen LogP contribution in [0.15, 0.2) is 5.38 Å². The summed E-state index contributed by atoms with van der Waals surface area (Å²) in [5.41, 5.74) is 6.58. The fraction of sp³-hybridized carbons (Fsp3) is 0.545. The molecule has 5 heteroatoms. The maximum absolute atomic E-state index is 12.2. The molecule has 2 heterocycles. The van der Waals surface area contributed by atoms with Crippen molar-refractivity contribution in [2.75, 3.05) is 19.6 Å². The smallest absolute Gasteiger partial charge is 0.265 e. The van der Waals surface area contributed by atoms with Gasteiger partial charge in [-0.05, 0) is 36.8 Å². The predicted molar refractivity (Wildman–Crippen MR) is 67.1 cm³/mol. The zero-order valence-corrected chi connectivity index (χ0v) is 10.8. The summed E-state index contributed by atoms with van der Waals surface area (Å²) in [4.78, 5) is 14.7. The molecule has 0 saturated carbocycles.